The summed E-state index contributed by atoms with van der Waals surface area (Å²) in [7, 11) is 1.48. The lowest BCUT2D eigenvalue weighted by Gasteiger charge is -2.26. The Morgan fingerprint density at radius 3 is 2.34 bits per heavy atom. The highest BCUT2D eigenvalue weighted by molar-refractivity contribution is 9.10. The maximum Gasteiger partial charge on any atom is 0.344 e. The number of thiazole rings is 1. The number of aromatic nitrogens is 1. The second-order valence-corrected chi connectivity index (χ2v) is 11.9. The number of methoxy groups -OCH3 is 1. The standard InChI is InChI=1S/C35H33BrN2O8S/c1-5-43-24-15-13-23(14-16-24)31-29(34(41)45-7-3)30(22-11-9-8-10-12-22)37-35-38(31)33(40)27(47-35)19-21-17-25(36)32(26(18-21)42-4)46-20-28(39)44-6-2/h8-19,31H,5-7,20H2,1-4H3/b27-19-/t31-/m1/s1. The first kappa shape index (κ1) is 33.7. The predicted molar refractivity (Wildman–Crippen MR) is 181 cm³/mol. The quantitative estimate of drug-likeness (QED) is 0.187. The summed E-state index contributed by atoms with van der Waals surface area (Å²) in [4.78, 5) is 45.1. The molecule has 1 aromatic heterocycles. The van der Waals surface area contributed by atoms with Crippen LogP contribution in [0.15, 0.2) is 86.6 Å². The van der Waals surface area contributed by atoms with Crippen molar-refractivity contribution < 1.29 is 33.3 Å². The van der Waals surface area contributed by atoms with E-state index < -0.39 is 18.0 Å². The third-order valence-corrected chi connectivity index (χ3v) is 8.64. The summed E-state index contributed by atoms with van der Waals surface area (Å²) in [6.07, 6.45) is 1.72. The maximum absolute atomic E-state index is 14.2. The van der Waals surface area contributed by atoms with Gasteiger partial charge in [-0.05, 0) is 78.2 Å². The zero-order valence-electron chi connectivity index (χ0n) is 26.3. The molecule has 1 aliphatic heterocycles. The number of hydrogen-bond acceptors (Lipinski definition) is 10. The van der Waals surface area contributed by atoms with Gasteiger partial charge in [-0.3, -0.25) is 9.36 Å². The molecule has 4 aromatic rings. The lowest BCUT2D eigenvalue weighted by atomic mass is 9.93. The molecule has 1 aliphatic rings. The number of benzene rings is 3. The van der Waals surface area contributed by atoms with E-state index in [2.05, 4.69) is 15.9 Å². The van der Waals surface area contributed by atoms with Crippen LogP contribution in [0.1, 0.15) is 43.5 Å². The molecule has 0 radical (unpaired) electrons. The molecule has 12 heteroatoms. The molecule has 0 unspecified atom stereocenters. The second-order valence-electron chi connectivity index (χ2n) is 10.1. The van der Waals surface area contributed by atoms with Gasteiger partial charge in [-0.1, -0.05) is 53.8 Å². The van der Waals surface area contributed by atoms with E-state index in [-0.39, 0.29) is 31.0 Å². The SMILES string of the molecule is CCOC(=O)COc1c(Br)cc(/C=c2\sc3n(c2=O)[C@H](c2ccc(OCC)cc2)C(C(=O)OCC)=C(c2ccccc2)N=3)cc1OC. The van der Waals surface area contributed by atoms with Crippen molar-refractivity contribution in [3.8, 4) is 17.2 Å². The Morgan fingerprint density at radius 2 is 1.68 bits per heavy atom. The zero-order valence-corrected chi connectivity index (χ0v) is 28.7. The van der Waals surface area contributed by atoms with Crippen LogP contribution in [-0.4, -0.2) is 50.0 Å². The number of carbonyl (C=O) groups excluding carboxylic acids is 2. The second kappa shape index (κ2) is 15.3. The van der Waals surface area contributed by atoms with Gasteiger partial charge in [0, 0.05) is 5.56 Å². The number of ether oxygens (including phenoxy) is 5. The van der Waals surface area contributed by atoms with E-state index in [0.717, 1.165) is 5.56 Å². The Labute approximate surface area is 283 Å². The summed E-state index contributed by atoms with van der Waals surface area (Å²) in [5.74, 6) is 0.274. The highest BCUT2D eigenvalue weighted by atomic mass is 79.9. The van der Waals surface area contributed by atoms with Gasteiger partial charge in [-0.2, -0.15) is 0 Å². The molecule has 1 atom stereocenters. The van der Waals surface area contributed by atoms with Gasteiger partial charge in [-0.25, -0.2) is 14.6 Å². The van der Waals surface area contributed by atoms with Crippen LogP contribution in [0.5, 0.6) is 17.2 Å². The fourth-order valence-electron chi connectivity index (χ4n) is 5.12. The topological polar surface area (TPSA) is 115 Å². The average molecular weight is 722 g/mol. The molecule has 0 saturated heterocycles. The Bertz CT molecular complexity index is 1980. The number of nitrogens with zero attached hydrogens (tertiary/aromatic N) is 2. The van der Waals surface area contributed by atoms with Crippen molar-refractivity contribution in [2.24, 2.45) is 4.99 Å². The van der Waals surface area contributed by atoms with Crippen LogP contribution in [0.2, 0.25) is 0 Å². The first-order valence-electron chi connectivity index (χ1n) is 15.0. The van der Waals surface area contributed by atoms with Crippen molar-refractivity contribution in [3.63, 3.8) is 0 Å². The Hall–Kier alpha value is -4.68. The first-order chi connectivity index (χ1) is 22.8. The summed E-state index contributed by atoms with van der Waals surface area (Å²) in [5, 5.41) is 0. The zero-order chi connectivity index (χ0) is 33.5. The van der Waals surface area contributed by atoms with Crippen molar-refractivity contribution >= 4 is 51.0 Å². The molecule has 10 nitrogen and oxygen atoms in total. The van der Waals surface area contributed by atoms with E-state index in [0.29, 0.717) is 54.5 Å². The molecule has 47 heavy (non-hydrogen) atoms. The van der Waals surface area contributed by atoms with E-state index in [9.17, 15) is 14.4 Å². The van der Waals surface area contributed by atoms with Gasteiger partial charge in [0.25, 0.3) is 5.56 Å². The number of fused-ring (bicyclic) bond motifs is 1. The molecule has 0 bridgehead atoms. The highest BCUT2D eigenvalue weighted by Gasteiger charge is 2.35. The lowest BCUT2D eigenvalue weighted by molar-refractivity contribution is -0.145. The maximum atomic E-state index is 14.2. The van der Waals surface area contributed by atoms with Gasteiger partial charge in [0.2, 0.25) is 0 Å². The molecule has 0 saturated carbocycles. The average Bonchev–Trinajstić information content (AvgIpc) is 3.38. The van der Waals surface area contributed by atoms with Gasteiger partial charge >= 0.3 is 11.9 Å². The van der Waals surface area contributed by atoms with E-state index in [1.54, 1.807) is 32.1 Å². The molecule has 0 N–H and O–H groups in total. The van der Waals surface area contributed by atoms with Crippen LogP contribution in [0.3, 0.4) is 0 Å². The van der Waals surface area contributed by atoms with Crippen molar-refractivity contribution in [3.05, 3.63) is 113 Å². The summed E-state index contributed by atoms with van der Waals surface area (Å²) >= 11 is 4.71. The number of halogens is 1. The minimum Gasteiger partial charge on any atom is -0.494 e. The highest BCUT2D eigenvalue weighted by Crippen LogP contribution is 2.38. The normalized spacial score (nSPS) is 14.2. The van der Waals surface area contributed by atoms with E-state index in [1.807, 2.05) is 61.5 Å². The molecular weight excluding hydrogens is 688 g/mol. The summed E-state index contributed by atoms with van der Waals surface area (Å²) in [6.45, 7) is 5.96. The van der Waals surface area contributed by atoms with Gasteiger partial charge in [-0.15, -0.1) is 0 Å². The smallest absolute Gasteiger partial charge is 0.344 e. The largest absolute Gasteiger partial charge is 0.494 e. The fourth-order valence-corrected chi connectivity index (χ4v) is 6.69. The molecule has 3 aromatic carbocycles. The number of esters is 2. The van der Waals surface area contributed by atoms with Crippen LogP contribution in [0.4, 0.5) is 0 Å². The molecule has 2 heterocycles. The minimum absolute atomic E-state index is 0.154. The molecule has 0 aliphatic carbocycles. The number of hydrogen-bond donors (Lipinski definition) is 0. The third kappa shape index (κ3) is 7.34. The van der Waals surface area contributed by atoms with Crippen molar-refractivity contribution in [1.29, 1.82) is 0 Å². The van der Waals surface area contributed by atoms with Crippen LogP contribution in [0.25, 0.3) is 11.8 Å². The Kier molecular flexibility index (Phi) is 10.9. The third-order valence-electron chi connectivity index (χ3n) is 7.07. The molecule has 0 fully saturated rings. The van der Waals surface area contributed by atoms with Crippen LogP contribution < -0.4 is 29.1 Å². The Balaban J connectivity index is 1.69. The summed E-state index contributed by atoms with van der Waals surface area (Å²) < 4.78 is 29.8. The van der Waals surface area contributed by atoms with Crippen molar-refractivity contribution in [2.45, 2.75) is 26.8 Å². The van der Waals surface area contributed by atoms with Crippen molar-refractivity contribution in [1.82, 2.24) is 4.57 Å². The monoisotopic (exact) mass is 720 g/mol. The number of rotatable bonds is 12. The molecule has 244 valence electrons. The molecule has 5 rings (SSSR count). The van der Waals surface area contributed by atoms with Gasteiger partial charge in [0.05, 0.1) is 53.2 Å². The van der Waals surface area contributed by atoms with Crippen LogP contribution >= 0.6 is 27.3 Å². The summed E-state index contributed by atoms with van der Waals surface area (Å²) in [5.41, 5.74) is 2.40. The lowest BCUT2D eigenvalue weighted by Crippen LogP contribution is -2.40. The van der Waals surface area contributed by atoms with Gasteiger partial charge < -0.3 is 23.7 Å². The van der Waals surface area contributed by atoms with E-state index in [4.69, 9.17) is 28.7 Å². The number of carbonyl (C=O) groups is 2. The van der Waals surface area contributed by atoms with Gasteiger partial charge in [0.15, 0.2) is 22.9 Å². The van der Waals surface area contributed by atoms with Gasteiger partial charge in [0.1, 0.15) is 5.75 Å². The predicted octanol–water partition coefficient (Wildman–Crippen LogP) is 5.05. The molecular formula is C35H33BrN2O8S. The van der Waals surface area contributed by atoms with Crippen LogP contribution in [0, 0.1) is 0 Å². The first-order valence-corrected chi connectivity index (χ1v) is 16.6. The minimum atomic E-state index is -0.821. The fraction of sp³-hybridized carbons (Fsp3) is 0.257. The van der Waals surface area contributed by atoms with Crippen molar-refractivity contribution in [2.75, 3.05) is 33.5 Å². The van der Waals surface area contributed by atoms with Crippen LogP contribution in [-0.2, 0) is 19.1 Å². The molecule has 0 amide bonds. The van der Waals surface area contributed by atoms with E-state index >= 15 is 0 Å². The summed E-state index contributed by atoms with van der Waals surface area (Å²) in [6, 6.07) is 19.3. The molecule has 0 spiro atoms. The Morgan fingerprint density at radius 1 is 0.957 bits per heavy atom. The van der Waals surface area contributed by atoms with E-state index in [1.165, 1.54) is 23.0 Å².